The molecule has 0 saturated carbocycles. The van der Waals surface area contributed by atoms with Crippen molar-refractivity contribution in [3.8, 4) is 0 Å². The maximum Gasteiger partial charge on any atom is 0.237 e. The molecule has 1 rings (SSSR count). The molecule has 0 unspecified atom stereocenters. The van der Waals surface area contributed by atoms with E-state index in [1.807, 2.05) is 38.6 Å². The van der Waals surface area contributed by atoms with Crippen molar-refractivity contribution < 1.29 is 4.79 Å². The van der Waals surface area contributed by atoms with Crippen LogP contribution in [0, 0.1) is 0 Å². The molecular formula is C15H25N3OS. The van der Waals surface area contributed by atoms with Crippen molar-refractivity contribution in [2.75, 3.05) is 26.1 Å². The van der Waals surface area contributed by atoms with E-state index in [0.717, 1.165) is 17.9 Å². The molecule has 0 fully saturated rings. The Bertz CT molecular complexity index is 423. The van der Waals surface area contributed by atoms with Gasteiger partial charge in [0.25, 0.3) is 0 Å². The third-order valence-corrected chi connectivity index (χ3v) is 3.67. The minimum Gasteiger partial charge on any atom is -0.351 e. The quantitative estimate of drug-likeness (QED) is 0.762. The second-order valence-electron chi connectivity index (χ2n) is 5.11. The summed E-state index contributed by atoms with van der Waals surface area (Å²) in [5.74, 6) is 0.838. The Morgan fingerprint density at radius 2 is 2.00 bits per heavy atom. The molecule has 0 spiro atoms. The van der Waals surface area contributed by atoms with Gasteiger partial charge in [0.1, 0.15) is 0 Å². The van der Waals surface area contributed by atoms with Crippen LogP contribution in [-0.2, 0) is 17.9 Å². The Labute approximate surface area is 126 Å². The third-order valence-electron chi connectivity index (χ3n) is 3.03. The van der Waals surface area contributed by atoms with Crippen LogP contribution in [0.1, 0.15) is 17.5 Å². The lowest BCUT2D eigenvalue weighted by molar-refractivity contribution is -0.122. The number of amides is 1. The summed E-state index contributed by atoms with van der Waals surface area (Å²) >= 11 is 1.71. The average molecular weight is 295 g/mol. The van der Waals surface area contributed by atoms with E-state index < -0.39 is 6.04 Å². The van der Waals surface area contributed by atoms with E-state index in [0.29, 0.717) is 13.0 Å². The summed E-state index contributed by atoms with van der Waals surface area (Å²) in [6, 6.07) is 7.74. The zero-order valence-corrected chi connectivity index (χ0v) is 13.4. The van der Waals surface area contributed by atoms with Crippen molar-refractivity contribution in [1.29, 1.82) is 0 Å². The van der Waals surface area contributed by atoms with Gasteiger partial charge in [-0.1, -0.05) is 24.3 Å². The van der Waals surface area contributed by atoms with E-state index in [9.17, 15) is 4.79 Å². The first kappa shape index (κ1) is 17.0. The van der Waals surface area contributed by atoms with Crippen LogP contribution in [0.3, 0.4) is 0 Å². The molecule has 20 heavy (non-hydrogen) atoms. The molecule has 0 bridgehead atoms. The molecule has 0 aliphatic carbocycles. The molecular weight excluding hydrogens is 270 g/mol. The summed E-state index contributed by atoms with van der Waals surface area (Å²) in [5.41, 5.74) is 8.23. The smallest absolute Gasteiger partial charge is 0.237 e. The molecule has 112 valence electrons. The Balaban J connectivity index is 2.54. The number of carbonyl (C=O) groups is 1. The normalized spacial score (nSPS) is 12.4. The van der Waals surface area contributed by atoms with Gasteiger partial charge in [-0.3, -0.25) is 4.79 Å². The Hall–Kier alpha value is -1.04. The van der Waals surface area contributed by atoms with Gasteiger partial charge >= 0.3 is 0 Å². The first-order valence-electron chi connectivity index (χ1n) is 6.78. The SMILES string of the molecule is CSCC[C@@H](N)C(=O)NCc1ccccc1CN(C)C. The van der Waals surface area contributed by atoms with Crippen molar-refractivity contribution >= 4 is 17.7 Å². The predicted octanol–water partition coefficient (Wildman–Crippen LogP) is 1.44. The van der Waals surface area contributed by atoms with Crippen molar-refractivity contribution in [2.24, 2.45) is 5.73 Å². The fraction of sp³-hybridized carbons (Fsp3) is 0.533. The van der Waals surface area contributed by atoms with Crippen LogP contribution in [0.15, 0.2) is 24.3 Å². The molecule has 0 heterocycles. The Morgan fingerprint density at radius 1 is 1.35 bits per heavy atom. The molecule has 4 nitrogen and oxygen atoms in total. The van der Waals surface area contributed by atoms with E-state index in [4.69, 9.17) is 5.73 Å². The summed E-state index contributed by atoms with van der Waals surface area (Å²) in [5, 5.41) is 2.93. The molecule has 0 aromatic heterocycles. The van der Waals surface area contributed by atoms with Crippen molar-refractivity contribution in [3.05, 3.63) is 35.4 Å². The van der Waals surface area contributed by atoms with Crippen LogP contribution < -0.4 is 11.1 Å². The molecule has 0 saturated heterocycles. The van der Waals surface area contributed by atoms with Crippen molar-refractivity contribution in [2.45, 2.75) is 25.6 Å². The summed E-state index contributed by atoms with van der Waals surface area (Å²) in [7, 11) is 4.07. The standard InChI is InChI=1S/C15H25N3OS/c1-18(2)11-13-7-5-4-6-12(13)10-17-15(19)14(16)8-9-20-3/h4-7,14H,8-11,16H2,1-3H3,(H,17,19)/t14-/m1/s1. The monoisotopic (exact) mass is 295 g/mol. The number of nitrogens with zero attached hydrogens (tertiary/aromatic N) is 1. The highest BCUT2D eigenvalue weighted by atomic mass is 32.2. The minimum absolute atomic E-state index is 0.0706. The van der Waals surface area contributed by atoms with E-state index in [1.54, 1.807) is 11.8 Å². The maximum atomic E-state index is 11.9. The van der Waals surface area contributed by atoms with E-state index >= 15 is 0 Å². The number of benzene rings is 1. The third kappa shape index (κ3) is 5.94. The molecule has 0 radical (unpaired) electrons. The summed E-state index contributed by atoms with van der Waals surface area (Å²) < 4.78 is 0. The molecule has 5 heteroatoms. The van der Waals surface area contributed by atoms with Gasteiger partial charge in [-0.15, -0.1) is 0 Å². The van der Waals surface area contributed by atoms with Crippen LogP contribution >= 0.6 is 11.8 Å². The van der Waals surface area contributed by atoms with Crippen LogP contribution in [0.5, 0.6) is 0 Å². The highest BCUT2D eigenvalue weighted by Crippen LogP contribution is 2.10. The lowest BCUT2D eigenvalue weighted by Crippen LogP contribution is -2.40. The van der Waals surface area contributed by atoms with Gasteiger partial charge in [0.2, 0.25) is 5.91 Å². The zero-order chi connectivity index (χ0) is 15.0. The number of hydrogen-bond acceptors (Lipinski definition) is 4. The Kier molecular flexibility index (Phi) is 7.65. The summed E-state index contributed by atoms with van der Waals surface area (Å²) in [6.07, 6.45) is 2.73. The molecule has 0 aliphatic rings. The second-order valence-corrected chi connectivity index (χ2v) is 6.10. The number of carbonyl (C=O) groups excluding carboxylic acids is 1. The largest absolute Gasteiger partial charge is 0.351 e. The number of rotatable bonds is 8. The lowest BCUT2D eigenvalue weighted by atomic mass is 10.1. The predicted molar refractivity (Wildman–Crippen MR) is 86.7 cm³/mol. The van der Waals surface area contributed by atoms with E-state index in [1.165, 1.54) is 5.56 Å². The molecule has 1 amide bonds. The molecule has 1 aromatic carbocycles. The van der Waals surface area contributed by atoms with Crippen LogP contribution in [0.4, 0.5) is 0 Å². The Morgan fingerprint density at radius 3 is 2.60 bits per heavy atom. The van der Waals surface area contributed by atoms with Gasteiger partial charge < -0.3 is 16.0 Å². The van der Waals surface area contributed by atoms with E-state index in [2.05, 4.69) is 16.3 Å². The van der Waals surface area contributed by atoms with Gasteiger partial charge in [0, 0.05) is 13.1 Å². The number of nitrogens with one attached hydrogen (secondary N) is 1. The number of hydrogen-bond donors (Lipinski definition) is 2. The molecule has 1 atom stereocenters. The first-order chi connectivity index (χ1) is 9.54. The lowest BCUT2D eigenvalue weighted by Gasteiger charge is -2.16. The molecule has 3 N–H and O–H groups in total. The van der Waals surface area contributed by atoms with Gasteiger partial charge in [-0.05, 0) is 43.7 Å². The van der Waals surface area contributed by atoms with Gasteiger partial charge in [0.15, 0.2) is 0 Å². The van der Waals surface area contributed by atoms with Gasteiger partial charge in [-0.25, -0.2) is 0 Å². The van der Waals surface area contributed by atoms with Crippen molar-refractivity contribution in [3.63, 3.8) is 0 Å². The van der Waals surface area contributed by atoms with Gasteiger partial charge in [0.05, 0.1) is 6.04 Å². The average Bonchev–Trinajstić information content (AvgIpc) is 2.42. The maximum absolute atomic E-state index is 11.9. The highest BCUT2D eigenvalue weighted by molar-refractivity contribution is 7.98. The number of nitrogens with two attached hydrogens (primary N) is 1. The summed E-state index contributed by atoms with van der Waals surface area (Å²) in [6.45, 7) is 1.40. The van der Waals surface area contributed by atoms with Crippen LogP contribution in [0.2, 0.25) is 0 Å². The first-order valence-corrected chi connectivity index (χ1v) is 8.17. The number of thioether (sulfide) groups is 1. The zero-order valence-electron chi connectivity index (χ0n) is 12.6. The van der Waals surface area contributed by atoms with Crippen LogP contribution in [-0.4, -0.2) is 43.0 Å². The highest BCUT2D eigenvalue weighted by Gasteiger charge is 2.13. The second kappa shape index (κ2) is 9.00. The van der Waals surface area contributed by atoms with Crippen LogP contribution in [0.25, 0.3) is 0 Å². The fourth-order valence-corrected chi connectivity index (χ4v) is 2.40. The van der Waals surface area contributed by atoms with Gasteiger partial charge in [-0.2, -0.15) is 11.8 Å². The molecule has 1 aromatic rings. The summed E-state index contributed by atoms with van der Waals surface area (Å²) in [4.78, 5) is 14.0. The minimum atomic E-state index is -0.413. The van der Waals surface area contributed by atoms with Crippen molar-refractivity contribution in [1.82, 2.24) is 10.2 Å². The van der Waals surface area contributed by atoms with E-state index in [-0.39, 0.29) is 5.91 Å². The fourth-order valence-electron chi connectivity index (χ4n) is 1.91. The molecule has 0 aliphatic heterocycles. The topological polar surface area (TPSA) is 58.4 Å².